The summed E-state index contributed by atoms with van der Waals surface area (Å²) >= 11 is 5.87. The van der Waals surface area contributed by atoms with Gasteiger partial charge in [-0.05, 0) is 37.6 Å². The maximum atomic E-state index is 12.2. The molecule has 7 heteroatoms. The number of benzene rings is 1. The zero-order valence-electron chi connectivity index (χ0n) is 14.3. The monoisotopic (exact) mass is 362 g/mol. The highest BCUT2D eigenvalue weighted by molar-refractivity contribution is 6.30. The first-order chi connectivity index (χ1) is 12.0. The summed E-state index contributed by atoms with van der Waals surface area (Å²) in [5, 5.41) is 3.75. The van der Waals surface area contributed by atoms with Gasteiger partial charge in [0, 0.05) is 11.6 Å². The minimum absolute atomic E-state index is 0.182. The van der Waals surface area contributed by atoms with Crippen molar-refractivity contribution in [3.05, 3.63) is 57.7 Å². The van der Waals surface area contributed by atoms with Gasteiger partial charge < -0.3 is 14.8 Å². The lowest BCUT2D eigenvalue weighted by Crippen LogP contribution is -2.15. The second-order valence-electron chi connectivity index (χ2n) is 5.21. The third-order valence-electron chi connectivity index (χ3n) is 3.49. The van der Waals surface area contributed by atoms with Gasteiger partial charge in [0.1, 0.15) is 11.4 Å². The number of ether oxygens (including phenoxy) is 2. The van der Waals surface area contributed by atoms with Crippen molar-refractivity contribution >= 4 is 29.4 Å². The number of carbonyl (C=O) groups is 2. The number of methoxy groups -OCH3 is 1. The number of aryl methyl sites for hydroxylation is 1. The van der Waals surface area contributed by atoms with Crippen LogP contribution in [0.5, 0.6) is 0 Å². The summed E-state index contributed by atoms with van der Waals surface area (Å²) in [5.74, 6) is -0.767. The molecule has 0 spiro atoms. The van der Waals surface area contributed by atoms with Crippen LogP contribution in [0.3, 0.4) is 0 Å². The number of hydrogen-bond acceptors (Lipinski definition) is 6. The molecule has 25 heavy (non-hydrogen) atoms. The summed E-state index contributed by atoms with van der Waals surface area (Å²) in [6.07, 6.45) is 0. The first kappa shape index (κ1) is 18.7. The number of aromatic nitrogens is 1. The summed E-state index contributed by atoms with van der Waals surface area (Å²) in [6, 6.07) is 8.74. The highest BCUT2D eigenvalue weighted by Gasteiger charge is 2.20. The normalized spacial score (nSPS) is 10.2. The van der Waals surface area contributed by atoms with E-state index in [9.17, 15) is 9.59 Å². The van der Waals surface area contributed by atoms with Crippen molar-refractivity contribution in [1.82, 2.24) is 4.98 Å². The number of nitrogens with zero attached hydrogens (tertiary/aromatic N) is 1. The lowest BCUT2D eigenvalue weighted by molar-refractivity contribution is 0.0527. The Kier molecular flexibility index (Phi) is 6.36. The minimum atomic E-state index is -0.557. The zero-order chi connectivity index (χ0) is 18.4. The average molecular weight is 363 g/mol. The molecular formula is C18H19ClN2O4. The van der Waals surface area contributed by atoms with Gasteiger partial charge in [-0.15, -0.1) is 0 Å². The minimum Gasteiger partial charge on any atom is -0.465 e. The Morgan fingerprint density at radius 1 is 1.16 bits per heavy atom. The maximum absolute atomic E-state index is 12.2. The number of halogens is 1. The predicted molar refractivity (Wildman–Crippen MR) is 95.0 cm³/mol. The van der Waals surface area contributed by atoms with Crippen molar-refractivity contribution in [2.45, 2.75) is 20.4 Å². The van der Waals surface area contributed by atoms with Gasteiger partial charge in [0.15, 0.2) is 0 Å². The number of rotatable bonds is 6. The van der Waals surface area contributed by atoms with E-state index in [4.69, 9.17) is 21.1 Å². The van der Waals surface area contributed by atoms with Crippen molar-refractivity contribution in [3.63, 3.8) is 0 Å². The van der Waals surface area contributed by atoms with E-state index in [1.165, 1.54) is 13.2 Å². The fourth-order valence-electron chi connectivity index (χ4n) is 2.21. The molecule has 1 N–H and O–H groups in total. The molecule has 0 aliphatic carbocycles. The molecule has 1 aromatic carbocycles. The van der Waals surface area contributed by atoms with Gasteiger partial charge in [0.05, 0.1) is 25.0 Å². The van der Waals surface area contributed by atoms with Crippen LogP contribution in [0, 0.1) is 6.92 Å². The quantitative estimate of drug-likeness (QED) is 0.791. The number of hydrogen-bond donors (Lipinski definition) is 1. The Morgan fingerprint density at radius 3 is 2.44 bits per heavy atom. The van der Waals surface area contributed by atoms with Crippen LogP contribution in [0.4, 0.5) is 5.82 Å². The average Bonchev–Trinajstić information content (AvgIpc) is 2.60. The number of anilines is 1. The van der Waals surface area contributed by atoms with Crippen LogP contribution in [0.2, 0.25) is 5.02 Å². The molecule has 0 radical (unpaired) electrons. The highest BCUT2D eigenvalue weighted by Crippen LogP contribution is 2.21. The lowest BCUT2D eigenvalue weighted by Gasteiger charge is -2.13. The first-order valence-electron chi connectivity index (χ1n) is 7.71. The number of pyridine rings is 1. The van der Waals surface area contributed by atoms with Crippen molar-refractivity contribution in [1.29, 1.82) is 0 Å². The van der Waals surface area contributed by atoms with Crippen LogP contribution in [0.1, 0.15) is 38.9 Å². The van der Waals surface area contributed by atoms with Crippen LogP contribution in [-0.4, -0.2) is 30.6 Å². The molecule has 0 bridgehead atoms. The zero-order valence-corrected chi connectivity index (χ0v) is 15.0. The van der Waals surface area contributed by atoms with Gasteiger partial charge >= 0.3 is 11.9 Å². The number of esters is 2. The van der Waals surface area contributed by atoms with Gasteiger partial charge in [0.2, 0.25) is 0 Å². The van der Waals surface area contributed by atoms with Gasteiger partial charge in [-0.2, -0.15) is 0 Å². The van der Waals surface area contributed by atoms with Crippen molar-refractivity contribution < 1.29 is 19.1 Å². The SMILES string of the molecule is CCOC(=O)c1cc(C(=O)OC)c(C)nc1NCc1ccc(Cl)cc1. The fraction of sp³-hybridized carbons (Fsp3) is 0.278. The fourth-order valence-corrected chi connectivity index (χ4v) is 2.34. The van der Waals surface area contributed by atoms with Crippen molar-refractivity contribution in [2.75, 3.05) is 19.0 Å². The molecule has 1 heterocycles. The van der Waals surface area contributed by atoms with Crippen LogP contribution < -0.4 is 5.32 Å². The van der Waals surface area contributed by atoms with Crippen LogP contribution in [0.25, 0.3) is 0 Å². The Labute approximate surface area is 151 Å². The molecule has 0 fully saturated rings. The Hall–Kier alpha value is -2.60. The molecule has 2 rings (SSSR count). The molecule has 132 valence electrons. The van der Waals surface area contributed by atoms with Gasteiger partial charge in [-0.25, -0.2) is 14.6 Å². The largest absolute Gasteiger partial charge is 0.465 e. The molecule has 0 atom stereocenters. The molecule has 0 saturated carbocycles. The summed E-state index contributed by atoms with van der Waals surface area (Å²) in [4.78, 5) is 28.4. The summed E-state index contributed by atoms with van der Waals surface area (Å²) in [7, 11) is 1.28. The molecule has 0 aliphatic rings. The summed E-state index contributed by atoms with van der Waals surface area (Å²) < 4.78 is 9.78. The van der Waals surface area contributed by atoms with E-state index < -0.39 is 11.9 Å². The second-order valence-corrected chi connectivity index (χ2v) is 5.65. The molecule has 0 unspecified atom stereocenters. The van der Waals surface area contributed by atoms with E-state index in [1.807, 2.05) is 12.1 Å². The van der Waals surface area contributed by atoms with Crippen LogP contribution in [0.15, 0.2) is 30.3 Å². The molecule has 0 aliphatic heterocycles. The third kappa shape index (κ3) is 4.70. The standard InChI is InChI=1S/C18H19ClN2O4/c1-4-25-18(23)15-9-14(17(22)24-3)11(2)21-16(15)20-10-12-5-7-13(19)8-6-12/h5-9H,4,10H2,1-3H3,(H,20,21). The smallest absolute Gasteiger partial charge is 0.341 e. The van der Waals surface area contributed by atoms with Crippen LogP contribution in [-0.2, 0) is 16.0 Å². The van der Waals surface area contributed by atoms with Gasteiger partial charge in [0.25, 0.3) is 0 Å². The molecule has 2 aromatic rings. The van der Waals surface area contributed by atoms with Crippen LogP contribution >= 0.6 is 11.6 Å². The number of nitrogens with one attached hydrogen (secondary N) is 1. The Morgan fingerprint density at radius 2 is 1.84 bits per heavy atom. The first-order valence-corrected chi connectivity index (χ1v) is 8.09. The van der Waals surface area contributed by atoms with E-state index in [2.05, 4.69) is 10.3 Å². The third-order valence-corrected chi connectivity index (χ3v) is 3.74. The molecular weight excluding hydrogens is 344 g/mol. The topological polar surface area (TPSA) is 77.5 Å². The summed E-state index contributed by atoms with van der Waals surface area (Å²) in [6.45, 7) is 4.04. The predicted octanol–water partition coefficient (Wildman–Crippen LogP) is 3.62. The van der Waals surface area contributed by atoms with Crippen molar-refractivity contribution in [3.8, 4) is 0 Å². The van der Waals surface area contributed by atoms with E-state index in [1.54, 1.807) is 26.0 Å². The lowest BCUT2D eigenvalue weighted by atomic mass is 10.1. The molecule has 0 amide bonds. The summed E-state index contributed by atoms with van der Waals surface area (Å²) in [5.41, 5.74) is 1.83. The van der Waals surface area contributed by atoms with E-state index in [0.717, 1.165) is 5.56 Å². The molecule has 1 aromatic heterocycles. The Balaban J connectivity index is 2.33. The Bertz CT molecular complexity index is 775. The number of carbonyl (C=O) groups excluding carboxylic acids is 2. The molecule has 6 nitrogen and oxygen atoms in total. The van der Waals surface area contributed by atoms with E-state index in [-0.39, 0.29) is 17.7 Å². The molecule has 0 saturated heterocycles. The highest BCUT2D eigenvalue weighted by atomic mass is 35.5. The second kappa shape index (κ2) is 8.48. The van der Waals surface area contributed by atoms with E-state index >= 15 is 0 Å². The van der Waals surface area contributed by atoms with E-state index in [0.29, 0.717) is 23.1 Å². The maximum Gasteiger partial charge on any atom is 0.341 e. The van der Waals surface area contributed by atoms with Gasteiger partial charge in [-0.1, -0.05) is 23.7 Å². The van der Waals surface area contributed by atoms with Gasteiger partial charge in [-0.3, -0.25) is 0 Å². The van der Waals surface area contributed by atoms with Crippen molar-refractivity contribution in [2.24, 2.45) is 0 Å².